The molecule has 0 spiro atoms. The zero-order valence-electron chi connectivity index (χ0n) is 25.8. The van der Waals surface area contributed by atoms with Gasteiger partial charge in [-0.15, -0.1) is 5.10 Å². The van der Waals surface area contributed by atoms with Gasteiger partial charge in [-0.3, -0.25) is 0 Å². The van der Waals surface area contributed by atoms with Crippen LogP contribution >= 0.6 is 11.8 Å². The molecule has 12 heteroatoms. The van der Waals surface area contributed by atoms with E-state index in [2.05, 4.69) is 32.2 Å². The molecular formula is C35H36N6O5S. The van der Waals surface area contributed by atoms with E-state index >= 15 is 0 Å². The highest BCUT2D eigenvalue weighted by Gasteiger charge is 2.32. The van der Waals surface area contributed by atoms with Gasteiger partial charge in [-0.2, -0.15) is 4.68 Å². The third-order valence-electron chi connectivity index (χ3n) is 7.78. The largest absolute Gasteiger partial charge is 0.508 e. The molecule has 1 aliphatic heterocycles. The first-order valence-corrected chi connectivity index (χ1v) is 16.4. The molecule has 4 aromatic carbocycles. The molecule has 3 unspecified atom stereocenters. The summed E-state index contributed by atoms with van der Waals surface area (Å²) in [6.45, 7) is 2.87. The van der Waals surface area contributed by atoms with Crippen molar-refractivity contribution in [2.24, 2.45) is 0 Å². The van der Waals surface area contributed by atoms with Gasteiger partial charge in [0.2, 0.25) is 5.16 Å². The number of aliphatic hydroxyl groups excluding tert-OH is 1. The van der Waals surface area contributed by atoms with Crippen molar-refractivity contribution >= 4 is 17.8 Å². The molecule has 4 N–H and O–H groups in total. The summed E-state index contributed by atoms with van der Waals surface area (Å²) in [6, 6.07) is 30.5. The van der Waals surface area contributed by atoms with Crippen molar-refractivity contribution in [2.45, 2.75) is 50.2 Å². The van der Waals surface area contributed by atoms with Gasteiger partial charge in [-0.1, -0.05) is 78.5 Å². The number of phenols is 1. The molecule has 0 saturated carbocycles. The lowest BCUT2D eigenvalue weighted by Crippen LogP contribution is -2.34. The Bertz CT molecular complexity index is 1770. The minimum Gasteiger partial charge on any atom is -0.508 e. The maximum absolute atomic E-state index is 11.8. The van der Waals surface area contributed by atoms with Crippen LogP contribution in [-0.2, 0) is 22.6 Å². The summed E-state index contributed by atoms with van der Waals surface area (Å²) in [6.07, 6.45) is -0.390. The number of rotatable bonds is 11. The number of ether oxygens (including phenoxy) is 2. The average Bonchev–Trinajstić information content (AvgIpc) is 3.59. The first-order valence-electron chi connectivity index (χ1n) is 15.4. The standard InChI is InChI=1S/C35H36N6O5S/c1-2-36-34(44)37-20-24-4-3-5-28(18-24)25-10-12-27(13-11-25)33-45-31(19-32(46-33)26-8-6-23(21-42)7-9-26)22-47-35-38-39-40-41(35)29-14-16-30(43)17-15-29/h3-18,31-33,42-43H,2,19-22H2,1H3,(H2,36,37,44). The molecule has 242 valence electrons. The van der Waals surface area contributed by atoms with Gasteiger partial charge in [0, 0.05) is 30.8 Å². The van der Waals surface area contributed by atoms with Gasteiger partial charge in [-0.05, 0) is 75.5 Å². The van der Waals surface area contributed by atoms with Gasteiger partial charge in [0.1, 0.15) is 5.75 Å². The molecule has 47 heavy (non-hydrogen) atoms. The predicted octanol–water partition coefficient (Wildman–Crippen LogP) is 5.68. The maximum Gasteiger partial charge on any atom is 0.315 e. The molecule has 6 rings (SSSR count). The molecule has 1 fully saturated rings. The fraction of sp³-hybridized carbons (Fsp3) is 0.257. The molecule has 0 radical (unpaired) electrons. The zero-order chi connectivity index (χ0) is 32.6. The average molecular weight is 653 g/mol. The Kier molecular flexibility index (Phi) is 10.4. The molecule has 0 aliphatic carbocycles. The smallest absolute Gasteiger partial charge is 0.315 e. The Labute approximate surface area is 276 Å². The monoisotopic (exact) mass is 652 g/mol. The van der Waals surface area contributed by atoms with E-state index in [-0.39, 0.29) is 30.6 Å². The Morgan fingerprint density at radius 2 is 1.68 bits per heavy atom. The number of aromatic nitrogens is 4. The molecule has 2 amide bonds. The molecule has 5 aromatic rings. The molecule has 11 nitrogen and oxygen atoms in total. The van der Waals surface area contributed by atoms with E-state index in [0.717, 1.165) is 39.1 Å². The van der Waals surface area contributed by atoms with Crippen LogP contribution in [0.3, 0.4) is 0 Å². The Morgan fingerprint density at radius 1 is 0.915 bits per heavy atom. The number of aromatic hydroxyl groups is 1. The topological polar surface area (TPSA) is 144 Å². The van der Waals surface area contributed by atoms with E-state index < -0.39 is 6.29 Å². The van der Waals surface area contributed by atoms with Crippen LogP contribution in [0.1, 0.15) is 48.0 Å². The fourth-order valence-electron chi connectivity index (χ4n) is 5.31. The minimum atomic E-state index is -0.605. The summed E-state index contributed by atoms with van der Waals surface area (Å²) in [5, 5.41) is 37.6. The summed E-state index contributed by atoms with van der Waals surface area (Å²) in [4.78, 5) is 11.8. The first-order chi connectivity index (χ1) is 23.0. The van der Waals surface area contributed by atoms with Crippen LogP contribution in [0.15, 0.2) is 102 Å². The molecular weight excluding hydrogens is 616 g/mol. The first kappa shape index (κ1) is 32.2. The quantitative estimate of drug-likeness (QED) is 0.132. The predicted molar refractivity (Wildman–Crippen MR) is 178 cm³/mol. The van der Waals surface area contributed by atoms with Crippen molar-refractivity contribution in [3.63, 3.8) is 0 Å². The number of phenolic OH excluding ortho intramolecular Hbond substituents is 1. The number of benzene rings is 4. The molecule has 2 heterocycles. The normalized spacial score (nSPS) is 17.7. The second kappa shape index (κ2) is 15.2. The third kappa shape index (κ3) is 8.16. The number of nitrogens with zero attached hydrogens (tertiary/aromatic N) is 4. The van der Waals surface area contributed by atoms with E-state index in [1.54, 1.807) is 28.9 Å². The van der Waals surface area contributed by atoms with Gasteiger partial charge in [0.25, 0.3) is 0 Å². The van der Waals surface area contributed by atoms with Crippen LogP contribution in [-0.4, -0.2) is 54.9 Å². The third-order valence-corrected chi connectivity index (χ3v) is 8.83. The maximum atomic E-state index is 11.8. The molecule has 1 saturated heterocycles. The van der Waals surface area contributed by atoms with Crippen molar-refractivity contribution in [3.8, 4) is 22.6 Å². The number of nitrogens with one attached hydrogen (secondary N) is 2. The number of carbonyl (C=O) groups is 1. The number of urea groups is 1. The summed E-state index contributed by atoms with van der Waals surface area (Å²) in [5.74, 6) is 0.751. The van der Waals surface area contributed by atoms with Gasteiger partial charge in [0.15, 0.2) is 6.29 Å². The lowest BCUT2D eigenvalue weighted by atomic mass is 9.99. The van der Waals surface area contributed by atoms with Crippen LogP contribution in [0.2, 0.25) is 0 Å². The van der Waals surface area contributed by atoms with Gasteiger partial charge in [-0.25, -0.2) is 4.79 Å². The Balaban J connectivity index is 1.18. The second-order valence-corrected chi connectivity index (χ2v) is 12.1. The van der Waals surface area contributed by atoms with Crippen LogP contribution in [0.5, 0.6) is 5.75 Å². The zero-order valence-corrected chi connectivity index (χ0v) is 26.6. The lowest BCUT2D eigenvalue weighted by molar-refractivity contribution is -0.245. The molecule has 3 atom stereocenters. The summed E-state index contributed by atoms with van der Waals surface area (Å²) < 4.78 is 14.7. The second-order valence-electron chi connectivity index (χ2n) is 11.1. The van der Waals surface area contributed by atoms with Crippen LogP contribution < -0.4 is 10.6 Å². The number of aliphatic hydroxyl groups is 1. The number of carbonyl (C=O) groups excluding carboxylic acids is 1. The van der Waals surface area contributed by atoms with Crippen molar-refractivity contribution in [3.05, 3.63) is 119 Å². The number of thioether (sulfide) groups is 1. The molecule has 1 aliphatic rings. The fourth-order valence-corrected chi connectivity index (χ4v) is 6.22. The van der Waals surface area contributed by atoms with Crippen LogP contribution in [0, 0.1) is 0 Å². The Morgan fingerprint density at radius 3 is 2.43 bits per heavy atom. The lowest BCUT2D eigenvalue weighted by Gasteiger charge is -2.36. The van der Waals surface area contributed by atoms with E-state index in [4.69, 9.17) is 9.47 Å². The number of tetrazole rings is 1. The van der Waals surface area contributed by atoms with E-state index in [0.29, 0.717) is 30.4 Å². The van der Waals surface area contributed by atoms with Gasteiger partial charge >= 0.3 is 6.03 Å². The van der Waals surface area contributed by atoms with E-state index in [1.165, 1.54) is 11.8 Å². The highest BCUT2D eigenvalue weighted by Crippen LogP contribution is 2.40. The minimum absolute atomic E-state index is 0.0213. The Hall–Kier alpha value is -4.75. The van der Waals surface area contributed by atoms with Gasteiger partial charge in [0.05, 0.1) is 24.5 Å². The van der Waals surface area contributed by atoms with Crippen molar-refractivity contribution in [1.82, 2.24) is 30.8 Å². The highest BCUT2D eigenvalue weighted by atomic mass is 32.2. The van der Waals surface area contributed by atoms with Crippen molar-refractivity contribution in [2.75, 3.05) is 12.3 Å². The SMILES string of the molecule is CCNC(=O)NCc1cccc(-c2ccc(C3OC(CSc4nnnn4-c4ccc(O)cc4)CC(c4ccc(CO)cc4)O3)cc2)c1. The van der Waals surface area contributed by atoms with Crippen molar-refractivity contribution in [1.29, 1.82) is 0 Å². The van der Waals surface area contributed by atoms with Gasteiger partial charge < -0.3 is 30.3 Å². The molecule has 0 bridgehead atoms. The molecule has 1 aromatic heterocycles. The summed E-state index contributed by atoms with van der Waals surface area (Å²) in [5.41, 5.74) is 6.56. The number of hydrogen-bond donors (Lipinski definition) is 4. The number of amides is 2. The van der Waals surface area contributed by atoms with Crippen LogP contribution in [0.4, 0.5) is 4.79 Å². The summed E-state index contributed by atoms with van der Waals surface area (Å²) >= 11 is 1.49. The summed E-state index contributed by atoms with van der Waals surface area (Å²) in [7, 11) is 0. The van der Waals surface area contributed by atoms with Crippen molar-refractivity contribution < 1.29 is 24.5 Å². The highest BCUT2D eigenvalue weighted by molar-refractivity contribution is 7.99. The van der Waals surface area contributed by atoms with Crippen LogP contribution in [0.25, 0.3) is 16.8 Å². The van der Waals surface area contributed by atoms with E-state index in [1.807, 2.05) is 73.7 Å². The van der Waals surface area contributed by atoms with E-state index in [9.17, 15) is 15.0 Å². The number of hydrogen-bond acceptors (Lipinski definition) is 9.